The molecule has 6 nitrogen and oxygen atoms in total. The smallest absolute Gasteiger partial charge is 0.174 e. The third-order valence-electron chi connectivity index (χ3n) is 4.20. The van der Waals surface area contributed by atoms with Crippen LogP contribution in [0.3, 0.4) is 0 Å². The first-order valence-corrected chi connectivity index (χ1v) is 7.15. The van der Waals surface area contributed by atoms with Crippen LogP contribution in [0.15, 0.2) is 5.16 Å². The zero-order valence-corrected chi connectivity index (χ0v) is 12.4. The van der Waals surface area contributed by atoms with Crippen LogP contribution in [0.4, 0.5) is 5.82 Å². The Morgan fingerprint density at radius 3 is 2.85 bits per heavy atom. The Kier molecular flexibility index (Phi) is 4.42. The summed E-state index contributed by atoms with van der Waals surface area (Å²) in [6, 6.07) is 0. The predicted octanol–water partition coefficient (Wildman–Crippen LogP) is 1.81. The molecule has 0 amide bonds. The summed E-state index contributed by atoms with van der Waals surface area (Å²) in [7, 11) is 0. The average molecular weight is 277 g/mol. The molecule has 1 aromatic heterocycles. The van der Waals surface area contributed by atoms with Gasteiger partial charge in [0.1, 0.15) is 0 Å². The highest BCUT2D eigenvalue weighted by molar-refractivity contribution is 6.02. The molecule has 0 radical (unpaired) electrons. The van der Waals surface area contributed by atoms with Gasteiger partial charge in [0.15, 0.2) is 11.7 Å². The van der Waals surface area contributed by atoms with Gasteiger partial charge in [-0.3, -0.25) is 0 Å². The molecule has 0 spiro atoms. The molecule has 1 unspecified atom stereocenters. The number of amidine groups is 1. The first-order valence-electron chi connectivity index (χ1n) is 7.15. The predicted molar refractivity (Wildman–Crippen MR) is 79.2 cm³/mol. The molecule has 0 saturated carbocycles. The Bertz CT molecular complexity index is 515. The average Bonchev–Trinajstić information content (AvgIpc) is 2.49. The third kappa shape index (κ3) is 2.69. The van der Waals surface area contributed by atoms with Crippen molar-refractivity contribution in [2.24, 2.45) is 16.8 Å². The summed E-state index contributed by atoms with van der Waals surface area (Å²) in [4.78, 5) is 2.21. The van der Waals surface area contributed by atoms with Gasteiger partial charge in [0.05, 0.1) is 11.3 Å². The number of rotatable bonds is 3. The molecule has 1 aliphatic heterocycles. The largest absolute Gasteiger partial charge is 0.409 e. The Balaban J connectivity index is 2.43. The summed E-state index contributed by atoms with van der Waals surface area (Å²) in [6.45, 7) is 7.93. The molecular formula is C14H23N5O. The fourth-order valence-corrected chi connectivity index (χ4v) is 2.76. The topological polar surface area (TPSA) is 87.6 Å². The first-order chi connectivity index (χ1) is 9.58. The molecule has 1 saturated heterocycles. The van der Waals surface area contributed by atoms with E-state index >= 15 is 0 Å². The zero-order chi connectivity index (χ0) is 14.7. The van der Waals surface area contributed by atoms with Crippen LogP contribution < -0.4 is 10.6 Å². The fraction of sp³-hybridized carbons (Fsp3) is 0.643. The van der Waals surface area contributed by atoms with E-state index in [1.165, 1.54) is 6.42 Å². The van der Waals surface area contributed by atoms with Gasteiger partial charge in [0.2, 0.25) is 0 Å². The van der Waals surface area contributed by atoms with Crippen molar-refractivity contribution in [3.8, 4) is 0 Å². The Morgan fingerprint density at radius 2 is 2.20 bits per heavy atom. The number of nitrogens with zero attached hydrogens (tertiary/aromatic N) is 4. The Labute approximate surface area is 119 Å². The molecule has 1 aliphatic rings. The lowest BCUT2D eigenvalue weighted by Crippen LogP contribution is -2.37. The maximum Gasteiger partial charge on any atom is 0.174 e. The molecule has 6 heteroatoms. The van der Waals surface area contributed by atoms with E-state index in [4.69, 9.17) is 10.9 Å². The number of aryl methyl sites for hydroxylation is 1. The van der Waals surface area contributed by atoms with Crippen molar-refractivity contribution in [3.63, 3.8) is 0 Å². The van der Waals surface area contributed by atoms with E-state index in [2.05, 4.69) is 27.2 Å². The minimum absolute atomic E-state index is 0.106. The molecule has 2 heterocycles. The minimum Gasteiger partial charge on any atom is -0.409 e. The molecule has 3 N–H and O–H groups in total. The van der Waals surface area contributed by atoms with Crippen molar-refractivity contribution < 1.29 is 5.21 Å². The fourth-order valence-electron chi connectivity index (χ4n) is 2.76. The highest BCUT2D eigenvalue weighted by atomic mass is 16.4. The van der Waals surface area contributed by atoms with Crippen molar-refractivity contribution in [2.45, 2.75) is 40.0 Å². The Hall–Kier alpha value is -1.85. The van der Waals surface area contributed by atoms with Gasteiger partial charge < -0.3 is 15.8 Å². The van der Waals surface area contributed by atoms with Crippen LogP contribution in [-0.4, -0.2) is 34.3 Å². The number of hydrogen-bond acceptors (Lipinski definition) is 5. The summed E-state index contributed by atoms with van der Waals surface area (Å²) in [5.74, 6) is 1.52. The lowest BCUT2D eigenvalue weighted by atomic mass is 9.95. The first kappa shape index (κ1) is 14.6. The number of piperidine rings is 1. The van der Waals surface area contributed by atoms with Crippen molar-refractivity contribution in [1.29, 1.82) is 0 Å². The summed E-state index contributed by atoms with van der Waals surface area (Å²) < 4.78 is 0. The van der Waals surface area contributed by atoms with Gasteiger partial charge in [0.25, 0.3) is 0 Å². The van der Waals surface area contributed by atoms with Gasteiger partial charge in [-0.25, -0.2) is 0 Å². The van der Waals surface area contributed by atoms with E-state index in [9.17, 15) is 0 Å². The quantitative estimate of drug-likeness (QED) is 0.381. The number of hydrogen-bond donors (Lipinski definition) is 2. The molecule has 110 valence electrons. The SMILES string of the molecule is CCC1CCCN(c2nnc(C)c(C)c2/C(N)=N/O)C1. The number of aromatic nitrogens is 2. The van der Waals surface area contributed by atoms with Crippen LogP contribution in [0, 0.1) is 19.8 Å². The summed E-state index contributed by atoms with van der Waals surface area (Å²) in [6.07, 6.45) is 3.56. The molecule has 1 fully saturated rings. The van der Waals surface area contributed by atoms with Crippen molar-refractivity contribution in [3.05, 3.63) is 16.8 Å². The summed E-state index contributed by atoms with van der Waals surface area (Å²) in [5.41, 5.74) is 8.27. The molecular weight excluding hydrogens is 254 g/mol. The van der Waals surface area contributed by atoms with Crippen molar-refractivity contribution in [1.82, 2.24) is 10.2 Å². The molecule has 0 aliphatic carbocycles. The van der Waals surface area contributed by atoms with E-state index < -0.39 is 0 Å². The van der Waals surface area contributed by atoms with Crippen LogP contribution >= 0.6 is 0 Å². The maximum absolute atomic E-state index is 9.02. The van der Waals surface area contributed by atoms with Crippen LogP contribution in [0.5, 0.6) is 0 Å². The van der Waals surface area contributed by atoms with Gasteiger partial charge in [-0.1, -0.05) is 18.5 Å². The molecule has 2 rings (SSSR count). The summed E-state index contributed by atoms with van der Waals surface area (Å²) in [5, 5.41) is 20.7. The van der Waals surface area contributed by atoms with Crippen LogP contribution in [0.25, 0.3) is 0 Å². The van der Waals surface area contributed by atoms with Gasteiger partial charge in [-0.15, -0.1) is 5.10 Å². The van der Waals surface area contributed by atoms with Gasteiger partial charge in [-0.05, 0) is 38.2 Å². The molecule has 1 aromatic rings. The monoisotopic (exact) mass is 277 g/mol. The molecule has 20 heavy (non-hydrogen) atoms. The van der Waals surface area contributed by atoms with Crippen molar-refractivity contribution >= 4 is 11.7 Å². The lowest BCUT2D eigenvalue weighted by molar-refractivity contribution is 0.318. The van der Waals surface area contributed by atoms with E-state index in [0.29, 0.717) is 11.5 Å². The maximum atomic E-state index is 9.02. The lowest BCUT2D eigenvalue weighted by Gasteiger charge is -2.34. The second-order valence-corrected chi connectivity index (χ2v) is 5.46. The zero-order valence-electron chi connectivity index (χ0n) is 12.4. The highest BCUT2D eigenvalue weighted by Gasteiger charge is 2.25. The van der Waals surface area contributed by atoms with E-state index in [-0.39, 0.29) is 5.84 Å². The normalized spacial score (nSPS) is 20.2. The van der Waals surface area contributed by atoms with E-state index in [0.717, 1.165) is 43.0 Å². The van der Waals surface area contributed by atoms with Crippen LogP contribution in [0.1, 0.15) is 43.0 Å². The number of oxime groups is 1. The van der Waals surface area contributed by atoms with E-state index in [1.54, 1.807) is 0 Å². The number of nitrogens with two attached hydrogens (primary N) is 1. The number of anilines is 1. The van der Waals surface area contributed by atoms with Gasteiger partial charge >= 0.3 is 0 Å². The standard InChI is InChI=1S/C14H23N5O/c1-4-11-6-5-7-19(8-11)14-12(13(15)18-20)9(2)10(3)16-17-14/h11,20H,4-8H2,1-3H3,(H2,15,18). The second kappa shape index (κ2) is 6.07. The van der Waals surface area contributed by atoms with Crippen LogP contribution in [-0.2, 0) is 0 Å². The van der Waals surface area contributed by atoms with Crippen molar-refractivity contribution in [2.75, 3.05) is 18.0 Å². The summed E-state index contributed by atoms with van der Waals surface area (Å²) >= 11 is 0. The molecule has 1 atom stereocenters. The van der Waals surface area contributed by atoms with Crippen LogP contribution in [0.2, 0.25) is 0 Å². The van der Waals surface area contributed by atoms with E-state index in [1.807, 2.05) is 13.8 Å². The molecule has 0 bridgehead atoms. The van der Waals surface area contributed by atoms with Gasteiger partial charge in [0, 0.05) is 13.1 Å². The Morgan fingerprint density at radius 1 is 1.45 bits per heavy atom. The van der Waals surface area contributed by atoms with Gasteiger partial charge in [-0.2, -0.15) is 5.10 Å². The highest BCUT2D eigenvalue weighted by Crippen LogP contribution is 2.27. The third-order valence-corrected chi connectivity index (χ3v) is 4.20. The molecule has 0 aromatic carbocycles. The minimum atomic E-state index is 0.106. The second-order valence-electron chi connectivity index (χ2n) is 5.46.